The predicted octanol–water partition coefficient (Wildman–Crippen LogP) is 2.55. The van der Waals surface area contributed by atoms with Crippen LogP contribution in [-0.2, 0) is 22.6 Å². The number of pyridine rings is 1. The van der Waals surface area contributed by atoms with Crippen LogP contribution in [0.3, 0.4) is 0 Å². The molecule has 1 aromatic carbocycles. The molecule has 5 nitrogen and oxygen atoms in total. The third-order valence-corrected chi connectivity index (χ3v) is 3.30. The van der Waals surface area contributed by atoms with E-state index in [0.29, 0.717) is 16.4 Å². The van der Waals surface area contributed by atoms with Crippen LogP contribution in [-0.4, -0.2) is 16.8 Å². The Kier molecular flexibility index (Phi) is 5.49. The lowest BCUT2D eigenvalue weighted by molar-refractivity contribution is -0.136. The largest absolute Gasteiger partial charge is 0.342 e. The maximum Gasteiger partial charge on any atom is 0.313 e. The Bertz CT molecular complexity index is 689. The lowest BCUT2D eigenvalue weighted by atomic mass is 10.1. The van der Waals surface area contributed by atoms with Crippen LogP contribution in [0.15, 0.2) is 42.6 Å². The van der Waals surface area contributed by atoms with Crippen molar-refractivity contribution in [2.45, 2.75) is 19.9 Å². The van der Waals surface area contributed by atoms with Gasteiger partial charge in [-0.3, -0.25) is 14.6 Å². The van der Waals surface area contributed by atoms with Crippen LogP contribution in [0.4, 0.5) is 5.69 Å². The molecule has 0 aliphatic rings. The first-order chi connectivity index (χ1) is 10.6. The second-order valence-electron chi connectivity index (χ2n) is 4.61. The molecule has 6 heteroatoms. The molecule has 0 radical (unpaired) electrons. The summed E-state index contributed by atoms with van der Waals surface area (Å²) in [6.45, 7) is 2.12. The fraction of sp³-hybridized carbons (Fsp3) is 0.188. The van der Waals surface area contributed by atoms with Crippen molar-refractivity contribution < 1.29 is 9.59 Å². The van der Waals surface area contributed by atoms with Gasteiger partial charge in [0.05, 0.1) is 12.2 Å². The smallest absolute Gasteiger partial charge is 0.313 e. The summed E-state index contributed by atoms with van der Waals surface area (Å²) < 4.78 is 0. The second kappa shape index (κ2) is 7.56. The summed E-state index contributed by atoms with van der Waals surface area (Å²) in [5.74, 6) is -1.42. The number of benzene rings is 1. The van der Waals surface area contributed by atoms with E-state index >= 15 is 0 Å². The average molecular weight is 318 g/mol. The first-order valence-electron chi connectivity index (χ1n) is 6.87. The molecule has 0 bridgehead atoms. The molecule has 0 fully saturated rings. The molecule has 1 aromatic heterocycles. The molecular formula is C16H16ClN3O2. The molecule has 2 amide bonds. The molecule has 1 heterocycles. The summed E-state index contributed by atoms with van der Waals surface area (Å²) in [5.41, 5.74) is 2.20. The molecule has 2 N–H and O–H groups in total. The van der Waals surface area contributed by atoms with Crippen LogP contribution in [0.25, 0.3) is 0 Å². The summed E-state index contributed by atoms with van der Waals surface area (Å²) in [6.07, 6.45) is 2.31. The van der Waals surface area contributed by atoms with Crippen LogP contribution in [0.2, 0.25) is 5.02 Å². The highest BCUT2D eigenvalue weighted by molar-refractivity contribution is 6.39. The number of para-hydroxylation sites is 1. The topological polar surface area (TPSA) is 71.1 Å². The van der Waals surface area contributed by atoms with Crippen molar-refractivity contribution in [2.24, 2.45) is 0 Å². The van der Waals surface area contributed by atoms with Gasteiger partial charge in [-0.1, -0.05) is 36.7 Å². The second-order valence-corrected chi connectivity index (χ2v) is 5.05. The number of halogens is 1. The van der Waals surface area contributed by atoms with Gasteiger partial charge in [-0.2, -0.15) is 0 Å². The first-order valence-corrected chi connectivity index (χ1v) is 7.25. The van der Waals surface area contributed by atoms with Gasteiger partial charge in [0.1, 0.15) is 0 Å². The van der Waals surface area contributed by atoms with Gasteiger partial charge < -0.3 is 10.6 Å². The average Bonchev–Trinajstić information content (AvgIpc) is 2.53. The summed E-state index contributed by atoms with van der Waals surface area (Å²) in [5, 5.41) is 5.65. The molecular weight excluding hydrogens is 302 g/mol. The number of carbonyl (C=O) groups is 2. The number of nitrogens with one attached hydrogen (secondary N) is 2. The number of amides is 2. The van der Waals surface area contributed by atoms with E-state index in [2.05, 4.69) is 15.6 Å². The maximum absolute atomic E-state index is 11.9. The monoisotopic (exact) mass is 317 g/mol. The minimum Gasteiger partial charge on any atom is -0.342 e. The van der Waals surface area contributed by atoms with Gasteiger partial charge in [0, 0.05) is 16.9 Å². The van der Waals surface area contributed by atoms with E-state index < -0.39 is 11.8 Å². The fourth-order valence-corrected chi connectivity index (χ4v) is 2.11. The van der Waals surface area contributed by atoms with E-state index in [1.165, 1.54) is 0 Å². The third-order valence-electron chi connectivity index (χ3n) is 3.06. The molecule has 0 spiro atoms. The number of aryl methyl sites for hydroxylation is 1. The number of hydrogen-bond acceptors (Lipinski definition) is 3. The Balaban J connectivity index is 1.93. The van der Waals surface area contributed by atoms with Gasteiger partial charge in [0.2, 0.25) is 0 Å². The van der Waals surface area contributed by atoms with Crippen molar-refractivity contribution in [1.82, 2.24) is 10.3 Å². The predicted molar refractivity (Wildman–Crippen MR) is 85.5 cm³/mol. The number of nitrogens with zero attached hydrogens (tertiary/aromatic N) is 1. The van der Waals surface area contributed by atoms with E-state index in [4.69, 9.17) is 11.6 Å². The van der Waals surface area contributed by atoms with Gasteiger partial charge in [0.25, 0.3) is 0 Å². The molecule has 0 aliphatic heterocycles. The van der Waals surface area contributed by atoms with Crippen LogP contribution >= 0.6 is 11.6 Å². The van der Waals surface area contributed by atoms with Gasteiger partial charge in [-0.05, 0) is 30.2 Å². The van der Waals surface area contributed by atoms with E-state index in [0.717, 1.165) is 12.0 Å². The summed E-state index contributed by atoms with van der Waals surface area (Å²) in [4.78, 5) is 27.8. The van der Waals surface area contributed by atoms with E-state index in [1.54, 1.807) is 24.4 Å². The molecule has 0 aliphatic carbocycles. The molecule has 2 aromatic rings. The van der Waals surface area contributed by atoms with E-state index in [9.17, 15) is 9.59 Å². The van der Waals surface area contributed by atoms with Crippen LogP contribution in [0.1, 0.15) is 18.2 Å². The van der Waals surface area contributed by atoms with Gasteiger partial charge in [-0.15, -0.1) is 0 Å². The van der Waals surface area contributed by atoms with Crippen molar-refractivity contribution in [3.8, 4) is 0 Å². The first kappa shape index (κ1) is 16.0. The quantitative estimate of drug-likeness (QED) is 0.851. The lowest BCUT2D eigenvalue weighted by Gasteiger charge is -2.09. The van der Waals surface area contributed by atoms with Crippen molar-refractivity contribution >= 4 is 29.1 Å². The van der Waals surface area contributed by atoms with Crippen LogP contribution < -0.4 is 10.6 Å². The number of aromatic nitrogens is 1. The van der Waals surface area contributed by atoms with Crippen molar-refractivity contribution in [3.63, 3.8) is 0 Å². The number of rotatable bonds is 4. The highest BCUT2D eigenvalue weighted by Gasteiger charge is 2.14. The van der Waals surface area contributed by atoms with Crippen molar-refractivity contribution in [1.29, 1.82) is 0 Å². The third kappa shape index (κ3) is 4.30. The zero-order valence-corrected chi connectivity index (χ0v) is 12.9. The Hall–Kier alpha value is -2.40. The Morgan fingerprint density at radius 3 is 2.68 bits per heavy atom. The zero-order chi connectivity index (χ0) is 15.9. The summed E-state index contributed by atoms with van der Waals surface area (Å²) >= 11 is 5.83. The molecule has 0 unspecified atom stereocenters. The van der Waals surface area contributed by atoms with E-state index in [1.807, 2.05) is 25.1 Å². The molecule has 0 atom stereocenters. The SMILES string of the molecule is CCc1ccccc1NC(=O)C(=O)NCc1cc(Cl)ccn1. The molecule has 0 saturated carbocycles. The van der Waals surface area contributed by atoms with Gasteiger partial charge >= 0.3 is 11.8 Å². The van der Waals surface area contributed by atoms with Gasteiger partial charge in [0.15, 0.2) is 0 Å². The van der Waals surface area contributed by atoms with Crippen LogP contribution in [0.5, 0.6) is 0 Å². The summed E-state index contributed by atoms with van der Waals surface area (Å²) in [7, 11) is 0. The maximum atomic E-state index is 11.9. The van der Waals surface area contributed by atoms with Crippen LogP contribution in [0, 0.1) is 0 Å². The zero-order valence-electron chi connectivity index (χ0n) is 12.1. The number of hydrogen-bond donors (Lipinski definition) is 2. The standard InChI is InChI=1S/C16H16ClN3O2/c1-2-11-5-3-4-6-14(11)20-16(22)15(21)19-10-13-9-12(17)7-8-18-13/h3-9H,2,10H2,1H3,(H,19,21)(H,20,22). The summed E-state index contributed by atoms with van der Waals surface area (Å²) in [6, 6.07) is 10.6. The van der Waals surface area contributed by atoms with Crippen molar-refractivity contribution in [3.05, 3.63) is 58.9 Å². The van der Waals surface area contributed by atoms with Crippen molar-refractivity contribution in [2.75, 3.05) is 5.32 Å². The number of carbonyl (C=O) groups excluding carboxylic acids is 2. The molecule has 22 heavy (non-hydrogen) atoms. The Labute approximate surface area is 133 Å². The molecule has 0 saturated heterocycles. The molecule has 114 valence electrons. The normalized spacial score (nSPS) is 10.1. The number of anilines is 1. The van der Waals surface area contributed by atoms with E-state index in [-0.39, 0.29) is 6.54 Å². The lowest BCUT2D eigenvalue weighted by Crippen LogP contribution is -2.35. The highest BCUT2D eigenvalue weighted by Crippen LogP contribution is 2.15. The Morgan fingerprint density at radius 2 is 1.95 bits per heavy atom. The highest BCUT2D eigenvalue weighted by atomic mass is 35.5. The molecule has 2 rings (SSSR count). The van der Waals surface area contributed by atoms with Gasteiger partial charge in [-0.25, -0.2) is 0 Å². The Morgan fingerprint density at radius 1 is 1.18 bits per heavy atom. The minimum atomic E-state index is -0.715. The minimum absolute atomic E-state index is 0.141. The fourth-order valence-electron chi connectivity index (χ4n) is 1.93.